The van der Waals surface area contributed by atoms with E-state index in [1.54, 1.807) is 37.2 Å². The third-order valence-electron chi connectivity index (χ3n) is 4.13. The molecule has 1 N–H and O–H groups in total. The molecule has 2 aromatic carbocycles. The summed E-state index contributed by atoms with van der Waals surface area (Å²) in [4.78, 5) is 25.7. The van der Waals surface area contributed by atoms with Crippen molar-refractivity contribution in [1.29, 1.82) is 0 Å². The Labute approximate surface area is 166 Å². The smallest absolute Gasteiger partial charge is 0.255 e. The van der Waals surface area contributed by atoms with Crippen molar-refractivity contribution in [3.05, 3.63) is 59.7 Å². The Morgan fingerprint density at radius 2 is 1.79 bits per heavy atom. The van der Waals surface area contributed by atoms with Gasteiger partial charge in [0, 0.05) is 38.4 Å². The Kier molecular flexibility index (Phi) is 8.49. The molecule has 0 spiro atoms. The lowest BCUT2D eigenvalue weighted by atomic mass is 10.1. The van der Waals surface area contributed by atoms with Crippen LogP contribution in [0.4, 0.5) is 5.69 Å². The van der Waals surface area contributed by atoms with Crippen LogP contribution in [0.3, 0.4) is 0 Å². The van der Waals surface area contributed by atoms with Gasteiger partial charge in [-0.05, 0) is 49.2 Å². The Morgan fingerprint density at radius 1 is 1.04 bits per heavy atom. The van der Waals surface area contributed by atoms with Gasteiger partial charge in [-0.2, -0.15) is 0 Å². The minimum absolute atomic E-state index is 0.0979. The number of rotatable bonds is 10. The van der Waals surface area contributed by atoms with Crippen molar-refractivity contribution in [3.63, 3.8) is 0 Å². The van der Waals surface area contributed by atoms with Crippen molar-refractivity contribution in [2.45, 2.75) is 19.8 Å². The van der Waals surface area contributed by atoms with E-state index in [-0.39, 0.29) is 11.8 Å². The van der Waals surface area contributed by atoms with Gasteiger partial charge in [-0.3, -0.25) is 9.59 Å². The molecular weight excluding hydrogens is 356 g/mol. The lowest BCUT2D eigenvalue weighted by Gasteiger charge is -2.11. The Hall–Kier alpha value is -2.86. The van der Waals surface area contributed by atoms with Gasteiger partial charge in [0.2, 0.25) is 5.91 Å². The number of hydrogen-bond donors (Lipinski definition) is 1. The van der Waals surface area contributed by atoms with Gasteiger partial charge in [-0.1, -0.05) is 18.2 Å². The number of anilines is 1. The first kappa shape index (κ1) is 21.4. The second-order valence-electron chi connectivity index (χ2n) is 6.51. The molecule has 28 heavy (non-hydrogen) atoms. The molecule has 0 radical (unpaired) electrons. The fourth-order valence-electron chi connectivity index (χ4n) is 2.52. The molecule has 0 bridgehead atoms. The largest absolute Gasteiger partial charge is 0.491 e. The summed E-state index contributed by atoms with van der Waals surface area (Å²) in [5.41, 5.74) is 2.28. The summed E-state index contributed by atoms with van der Waals surface area (Å²) < 4.78 is 10.8. The van der Waals surface area contributed by atoms with Crippen molar-refractivity contribution in [2.24, 2.45) is 0 Å². The van der Waals surface area contributed by atoms with Crippen LogP contribution in [0.1, 0.15) is 29.3 Å². The van der Waals surface area contributed by atoms with E-state index < -0.39 is 0 Å². The zero-order valence-electron chi connectivity index (χ0n) is 16.7. The zero-order chi connectivity index (χ0) is 20.4. The highest BCUT2D eigenvalue weighted by molar-refractivity contribution is 6.04. The van der Waals surface area contributed by atoms with E-state index in [0.29, 0.717) is 49.7 Å². The Morgan fingerprint density at radius 3 is 2.46 bits per heavy atom. The maximum absolute atomic E-state index is 12.5. The second-order valence-corrected chi connectivity index (χ2v) is 6.51. The first-order valence-corrected chi connectivity index (χ1v) is 9.40. The van der Waals surface area contributed by atoms with Gasteiger partial charge >= 0.3 is 0 Å². The van der Waals surface area contributed by atoms with Crippen LogP contribution in [0, 0.1) is 0 Å². The van der Waals surface area contributed by atoms with Crippen LogP contribution < -0.4 is 10.1 Å². The predicted octanol–water partition coefficient (Wildman–Crippen LogP) is 3.38. The maximum Gasteiger partial charge on any atom is 0.255 e. The second kappa shape index (κ2) is 11.1. The Balaban J connectivity index is 1.89. The maximum atomic E-state index is 12.5. The van der Waals surface area contributed by atoms with Crippen LogP contribution in [0.15, 0.2) is 48.5 Å². The molecule has 0 aliphatic carbocycles. The summed E-state index contributed by atoms with van der Waals surface area (Å²) in [5, 5.41) is 2.88. The number of nitrogens with one attached hydrogen (secondary N) is 1. The molecule has 2 amide bonds. The Bertz CT molecular complexity index is 772. The first-order chi connectivity index (χ1) is 13.5. The minimum Gasteiger partial charge on any atom is -0.491 e. The number of aryl methyl sites for hydroxylation is 1. The van der Waals surface area contributed by atoms with Gasteiger partial charge in [0.05, 0.1) is 6.61 Å². The highest BCUT2D eigenvalue weighted by atomic mass is 16.5. The zero-order valence-corrected chi connectivity index (χ0v) is 16.7. The van der Waals surface area contributed by atoms with Crippen LogP contribution in [-0.2, 0) is 16.0 Å². The summed E-state index contributed by atoms with van der Waals surface area (Å²) in [5.74, 6) is 0.528. The first-order valence-electron chi connectivity index (χ1n) is 9.40. The summed E-state index contributed by atoms with van der Waals surface area (Å²) in [6, 6.07) is 14.6. The van der Waals surface area contributed by atoms with E-state index >= 15 is 0 Å². The van der Waals surface area contributed by atoms with Crippen molar-refractivity contribution in [1.82, 2.24) is 4.90 Å². The van der Waals surface area contributed by atoms with Gasteiger partial charge in [0.15, 0.2) is 0 Å². The molecule has 0 atom stereocenters. The minimum atomic E-state index is -0.203. The molecule has 6 nitrogen and oxygen atoms in total. The third kappa shape index (κ3) is 7.04. The average Bonchev–Trinajstić information content (AvgIpc) is 2.70. The normalized spacial score (nSPS) is 10.4. The molecule has 0 saturated heterocycles. The summed E-state index contributed by atoms with van der Waals surface area (Å²) >= 11 is 0. The highest BCUT2D eigenvalue weighted by Crippen LogP contribution is 2.16. The number of hydrogen-bond acceptors (Lipinski definition) is 4. The molecule has 6 heteroatoms. The molecule has 0 aromatic heterocycles. The quantitative estimate of drug-likeness (QED) is 0.638. The van der Waals surface area contributed by atoms with Crippen molar-refractivity contribution in [3.8, 4) is 5.75 Å². The predicted molar refractivity (Wildman–Crippen MR) is 110 cm³/mol. The van der Waals surface area contributed by atoms with E-state index in [4.69, 9.17) is 9.47 Å². The number of ether oxygens (including phenoxy) is 2. The standard InChI is InChI=1S/C22H28N2O4/c1-4-27-14-15-28-20-7-5-6-18(16-20)22(26)23-19-11-8-17(9-12-19)10-13-21(25)24(2)3/h5-9,11-12,16H,4,10,13-15H2,1-3H3,(H,23,26). The van der Waals surface area contributed by atoms with Crippen LogP contribution in [-0.4, -0.2) is 50.6 Å². The van der Waals surface area contributed by atoms with Crippen molar-refractivity contribution >= 4 is 17.5 Å². The van der Waals surface area contributed by atoms with Crippen molar-refractivity contribution in [2.75, 3.05) is 39.2 Å². The van der Waals surface area contributed by atoms with Crippen LogP contribution >= 0.6 is 0 Å². The number of carbonyl (C=O) groups excluding carboxylic acids is 2. The lowest BCUT2D eigenvalue weighted by molar-refractivity contribution is -0.128. The van der Waals surface area contributed by atoms with Gasteiger partial charge in [0.1, 0.15) is 12.4 Å². The number of benzene rings is 2. The monoisotopic (exact) mass is 384 g/mol. The molecule has 0 aliphatic heterocycles. The molecule has 0 saturated carbocycles. The SMILES string of the molecule is CCOCCOc1cccc(C(=O)Nc2ccc(CCC(=O)N(C)C)cc2)c1. The van der Waals surface area contributed by atoms with E-state index in [9.17, 15) is 9.59 Å². The molecular formula is C22H28N2O4. The van der Waals surface area contributed by atoms with E-state index in [1.165, 1.54) is 0 Å². The fraction of sp³-hybridized carbons (Fsp3) is 0.364. The van der Waals surface area contributed by atoms with Gasteiger partial charge in [-0.15, -0.1) is 0 Å². The van der Waals surface area contributed by atoms with Crippen LogP contribution in [0.25, 0.3) is 0 Å². The van der Waals surface area contributed by atoms with Gasteiger partial charge in [-0.25, -0.2) is 0 Å². The summed E-state index contributed by atoms with van der Waals surface area (Å²) in [7, 11) is 3.50. The molecule has 0 fully saturated rings. The van der Waals surface area contributed by atoms with E-state index in [2.05, 4.69) is 5.32 Å². The average molecular weight is 384 g/mol. The van der Waals surface area contributed by atoms with E-state index in [0.717, 1.165) is 5.56 Å². The molecule has 150 valence electrons. The molecule has 2 aromatic rings. The number of carbonyl (C=O) groups is 2. The number of nitrogens with zero attached hydrogens (tertiary/aromatic N) is 1. The fourth-order valence-corrected chi connectivity index (χ4v) is 2.52. The highest BCUT2D eigenvalue weighted by Gasteiger charge is 2.08. The van der Waals surface area contributed by atoms with Gasteiger partial charge < -0.3 is 19.7 Å². The molecule has 0 aliphatic rings. The lowest BCUT2D eigenvalue weighted by Crippen LogP contribution is -2.21. The summed E-state index contributed by atoms with van der Waals surface area (Å²) in [6.45, 7) is 3.54. The summed E-state index contributed by atoms with van der Waals surface area (Å²) in [6.07, 6.45) is 1.14. The van der Waals surface area contributed by atoms with Crippen LogP contribution in [0.2, 0.25) is 0 Å². The van der Waals surface area contributed by atoms with Crippen molar-refractivity contribution < 1.29 is 19.1 Å². The van der Waals surface area contributed by atoms with E-state index in [1.807, 2.05) is 37.3 Å². The molecule has 0 heterocycles. The number of amides is 2. The van der Waals surface area contributed by atoms with Gasteiger partial charge in [0.25, 0.3) is 5.91 Å². The topological polar surface area (TPSA) is 67.9 Å². The van der Waals surface area contributed by atoms with Crippen LogP contribution in [0.5, 0.6) is 5.75 Å². The third-order valence-corrected chi connectivity index (χ3v) is 4.13. The molecule has 0 unspecified atom stereocenters. The molecule has 2 rings (SSSR count).